The van der Waals surface area contributed by atoms with E-state index in [1.54, 1.807) is 0 Å². The lowest BCUT2D eigenvalue weighted by molar-refractivity contribution is 0.590. The summed E-state index contributed by atoms with van der Waals surface area (Å²) in [6.45, 7) is 0. The third kappa shape index (κ3) is 10.7. The van der Waals surface area contributed by atoms with E-state index in [2.05, 4.69) is 5.14 Å². The van der Waals surface area contributed by atoms with E-state index in [9.17, 15) is 8.42 Å². The summed E-state index contributed by atoms with van der Waals surface area (Å²) < 4.78 is 21.2. The highest BCUT2D eigenvalue weighted by Crippen LogP contribution is 1.53. The number of nitrogens with one attached hydrogen (secondary N) is 1. The maximum absolute atomic E-state index is 9.67. The van der Waals surface area contributed by atoms with E-state index in [0.717, 1.165) is 0 Å². The molecule has 0 heterocycles. The minimum absolute atomic E-state index is 0. The van der Waals surface area contributed by atoms with Gasteiger partial charge in [-0.3, -0.25) is 0 Å². The Hall–Kier alpha value is 0.160. The molecule has 0 atom stereocenters. The third-order valence-corrected chi connectivity index (χ3v) is 0.854. The Morgan fingerprint density at radius 2 is 1.71 bits per heavy atom. The van der Waals surface area contributed by atoms with Crippen molar-refractivity contribution in [2.24, 2.45) is 5.14 Å². The SMILES string of the molecule is CNS(N)(=O)=O.Cl. The molecule has 0 bridgehead atoms. The van der Waals surface area contributed by atoms with Crippen molar-refractivity contribution in [2.75, 3.05) is 7.05 Å². The number of hydrogen-bond donors (Lipinski definition) is 2. The highest BCUT2D eigenvalue weighted by Gasteiger charge is 1.88. The van der Waals surface area contributed by atoms with Crippen molar-refractivity contribution < 1.29 is 8.42 Å². The van der Waals surface area contributed by atoms with Gasteiger partial charge >= 0.3 is 0 Å². The molecule has 0 aliphatic heterocycles. The monoisotopic (exact) mass is 146 g/mol. The van der Waals surface area contributed by atoms with Crippen LogP contribution in [0.5, 0.6) is 0 Å². The van der Waals surface area contributed by atoms with Crippen LogP contribution in [0.1, 0.15) is 0 Å². The zero-order valence-corrected chi connectivity index (χ0v) is 5.34. The van der Waals surface area contributed by atoms with Crippen LogP contribution in [0.3, 0.4) is 0 Å². The van der Waals surface area contributed by atoms with Crippen LogP contribution in [0.25, 0.3) is 0 Å². The first kappa shape index (κ1) is 10.2. The van der Waals surface area contributed by atoms with Gasteiger partial charge in [0.05, 0.1) is 0 Å². The van der Waals surface area contributed by atoms with Crippen molar-refractivity contribution in [3.05, 3.63) is 0 Å². The van der Waals surface area contributed by atoms with Gasteiger partial charge in [0.1, 0.15) is 0 Å². The Kier molecular flexibility index (Phi) is 4.66. The van der Waals surface area contributed by atoms with Crippen LogP contribution in [-0.2, 0) is 10.2 Å². The Labute approximate surface area is 48.7 Å². The molecule has 0 aromatic carbocycles. The summed E-state index contributed by atoms with van der Waals surface area (Å²) in [5.41, 5.74) is 0. The summed E-state index contributed by atoms with van der Waals surface area (Å²) in [6, 6.07) is 0. The molecular formula is CH7ClN2O2S. The van der Waals surface area contributed by atoms with Gasteiger partial charge < -0.3 is 0 Å². The molecule has 0 aromatic heterocycles. The van der Waals surface area contributed by atoms with E-state index >= 15 is 0 Å². The fourth-order valence-corrected chi connectivity index (χ4v) is 0. The van der Waals surface area contributed by atoms with Gasteiger partial charge in [0.2, 0.25) is 0 Å². The van der Waals surface area contributed by atoms with Crippen LogP contribution < -0.4 is 9.86 Å². The first-order valence-corrected chi connectivity index (χ1v) is 2.82. The van der Waals surface area contributed by atoms with Gasteiger partial charge in [-0.25, -0.2) is 9.86 Å². The predicted octanol–water partition coefficient (Wildman–Crippen LogP) is -1.17. The zero-order chi connectivity index (χ0) is 5.21. The smallest absolute Gasteiger partial charge is 0.216 e. The molecule has 0 aliphatic carbocycles. The number of rotatable bonds is 1. The van der Waals surface area contributed by atoms with Gasteiger partial charge in [0.15, 0.2) is 0 Å². The molecule has 0 radical (unpaired) electrons. The molecule has 46 valence electrons. The summed E-state index contributed by atoms with van der Waals surface area (Å²) >= 11 is 0. The van der Waals surface area contributed by atoms with Crippen LogP contribution >= 0.6 is 12.4 Å². The fraction of sp³-hybridized carbons (Fsp3) is 1.00. The summed E-state index contributed by atoms with van der Waals surface area (Å²) in [5, 5.41) is 4.40. The number of nitrogens with two attached hydrogens (primary N) is 1. The van der Waals surface area contributed by atoms with Gasteiger partial charge in [-0.2, -0.15) is 8.42 Å². The molecule has 0 saturated heterocycles. The molecule has 0 unspecified atom stereocenters. The molecule has 0 saturated carbocycles. The van der Waals surface area contributed by atoms with Crippen LogP contribution in [0, 0.1) is 0 Å². The van der Waals surface area contributed by atoms with E-state index in [-0.39, 0.29) is 12.4 Å². The fourth-order valence-electron chi connectivity index (χ4n) is 0. The van der Waals surface area contributed by atoms with Crippen molar-refractivity contribution in [1.82, 2.24) is 4.72 Å². The Bertz CT molecular complexity index is 118. The second-order valence-corrected chi connectivity index (χ2v) is 2.25. The van der Waals surface area contributed by atoms with Crippen molar-refractivity contribution in [1.29, 1.82) is 0 Å². The molecule has 0 amide bonds. The highest BCUT2D eigenvalue weighted by molar-refractivity contribution is 7.87. The second-order valence-electron chi connectivity index (χ2n) is 0.749. The third-order valence-electron chi connectivity index (χ3n) is 0.285. The van der Waals surface area contributed by atoms with Crippen LogP contribution in [0.4, 0.5) is 0 Å². The van der Waals surface area contributed by atoms with E-state index in [1.807, 2.05) is 4.72 Å². The number of halogens is 1. The Morgan fingerprint density at radius 1 is 1.57 bits per heavy atom. The summed E-state index contributed by atoms with van der Waals surface area (Å²) in [6.07, 6.45) is 0. The minimum atomic E-state index is -3.41. The Balaban J connectivity index is 0. The molecule has 0 rings (SSSR count). The molecule has 0 spiro atoms. The summed E-state index contributed by atoms with van der Waals surface area (Å²) in [7, 11) is -2.17. The topological polar surface area (TPSA) is 72.2 Å². The van der Waals surface area contributed by atoms with Crippen molar-refractivity contribution in [3.8, 4) is 0 Å². The van der Waals surface area contributed by atoms with Gasteiger partial charge in [-0.05, 0) is 0 Å². The lowest BCUT2D eigenvalue weighted by Gasteiger charge is -1.85. The average molecular weight is 147 g/mol. The van der Waals surface area contributed by atoms with E-state index in [4.69, 9.17) is 0 Å². The molecule has 3 N–H and O–H groups in total. The first-order valence-electron chi connectivity index (χ1n) is 1.27. The van der Waals surface area contributed by atoms with Crippen molar-refractivity contribution in [2.45, 2.75) is 0 Å². The van der Waals surface area contributed by atoms with Gasteiger partial charge in [-0.1, -0.05) is 0 Å². The quantitative estimate of drug-likeness (QED) is 0.490. The predicted molar refractivity (Wildman–Crippen MR) is 29.4 cm³/mol. The molecule has 7 heavy (non-hydrogen) atoms. The van der Waals surface area contributed by atoms with Crippen LogP contribution in [0.15, 0.2) is 0 Å². The van der Waals surface area contributed by atoms with E-state index in [0.29, 0.717) is 0 Å². The number of hydrogen-bond acceptors (Lipinski definition) is 2. The molecule has 0 aliphatic rings. The maximum atomic E-state index is 9.67. The average Bonchev–Trinajstić information content (AvgIpc) is 1.35. The molecule has 4 nitrogen and oxygen atoms in total. The van der Waals surface area contributed by atoms with Crippen LogP contribution in [0.2, 0.25) is 0 Å². The highest BCUT2D eigenvalue weighted by atomic mass is 35.5. The van der Waals surface area contributed by atoms with E-state index in [1.165, 1.54) is 7.05 Å². The molecule has 0 fully saturated rings. The van der Waals surface area contributed by atoms with Crippen LogP contribution in [-0.4, -0.2) is 15.5 Å². The van der Waals surface area contributed by atoms with Crippen molar-refractivity contribution in [3.63, 3.8) is 0 Å². The standard InChI is InChI=1S/CH6N2O2S.ClH/c1-3-6(2,4)5;/h3H,1H3,(H2,2,4,5);1H. The first-order chi connectivity index (χ1) is 2.56. The largest absolute Gasteiger partial charge is 0.274 e. The van der Waals surface area contributed by atoms with Gasteiger partial charge in [0, 0.05) is 7.05 Å². The minimum Gasteiger partial charge on any atom is -0.216 e. The normalized spacial score (nSPS) is 10.0. The van der Waals surface area contributed by atoms with E-state index < -0.39 is 10.2 Å². The molecular weight excluding hydrogens is 140 g/mol. The Morgan fingerprint density at radius 3 is 1.71 bits per heavy atom. The van der Waals surface area contributed by atoms with Crippen molar-refractivity contribution >= 4 is 22.6 Å². The lowest BCUT2D eigenvalue weighted by Crippen LogP contribution is -2.26. The molecule has 6 heteroatoms. The summed E-state index contributed by atoms with van der Waals surface area (Å²) in [4.78, 5) is 0. The molecule has 0 aromatic rings. The lowest BCUT2D eigenvalue weighted by atomic mass is 11.6. The van der Waals surface area contributed by atoms with Gasteiger partial charge in [-0.15, -0.1) is 12.4 Å². The maximum Gasteiger partial charge on any atom is 0.274 e. The van der Waals surface area contributed by atoms with Gasteiger partial charge in [0.25, 0.3) is 10.2 Å². The summed E-state index contributed by atoms with van der Waals surface area (Å²) in [5.74, 6) is 0. The second kappa shape index (κ2) is 3.20. The zero-order valence-electron chi connectivity index (χ0n) is 3.71.